The Morgan fingerprint density at radius 1 is 0.972 bits per heavy atom. The SMILES string of the molecule is CCCCOc1ccc(C(=O)NC(=S)N2CCN(C(c3ccccc3)c3ccccc3)CC2)cc1Br. The van der Waals surface area contributed by atoms with Crippen LogP contribution in [0.5, 0.6) is 5.75 Å². The van der Waals surface area contributed by atoms with Gasteiger partial charge in [0.05, 0.1) is 17.1 Å². The second-order valence-electron chi connectivity index (χ2n) is 8.85. The standard InChI is InChI=1S/C29H32BrN3O2S/c1-2-3-20-35-26-15-14-24(21-25(26)30)28(34)31-29(36)33-18-16-32(17-19-33)27(22-10-6-4-7-11-22)23-12-8-5-9-13-23/h4-15,21,27H,2-3,16-20H2,1H3,(H,31,34,36). The Hall–Kier alpha value is -2.74. The number of carbonyl (C=O) groups excluding carboxylic acids is 1. The van der Waals surface area contributed by atoms with Crippen molar-refractivity contribution < 1.29 is 9.53 Å². The lowest BCUT2D eigenvalue weighted by Gasteiger charge is -2.40. The van der Waals surface area contributed by atoms with Gasteiger partial charge in [-0.1, -0.05) is 74.0 Å². The van der Waals surface area contributed by atoms with Crippen molar-refractivity contribution in [3.63, 3.8) is 0 Å². The minimum absolute atomic E-state index is 0.188. The van der Waals surface area contributed by atoms with E-state index in [1.807, 2.05) is 6.07 Å². The van der Waals surface area contributed by atoms with E-state index in [2.05, 4.69) is 98.6 Å². The van der Waals surface area contributed by atoms with Gasteiger partial charge in [0, 0.05) is 31.7 Å². The Bertz CT molecular complexity index is 1110. The second-order valence-corrected chi connectivity index (χ2v) is 10.1. The zero-order valence-corrected chi connectivity index (χ0v) is 22.9. The van der Waals surface area contributed by atoms with Crippen LogP contribution in [0.2, 0.25) is 0 Å². The summed E-state index contributed by atoms with van der Waals surface area (Å²) in [5.74, 6) is 0.528. The summed E-state index contributed by atoms with van der Waals surface area (Å²) in [7, 11) is 0. The molecular weight excluding hydrogens is 534 g/mol. The lowest BCUT2D eigenvalue weighted by Crippen LogP contribution is -2.53. The molecule has 1 amide bonds. The third-order valence-corrected chi connectivity index (χ3v) is 7.35. The van der Waals surface area contributed by atoms with Gasteiger partial charge in [0.1, 0.15) is 5.75 Å². The molecule has 0 aromatic heterocycles. The molecule has 3 aromatic carbocycles. The fourth-order valence-electron chi connectivity index (χ4n) is 4.40. The van der Waals surface area contributed by atoms with Crippen LogP contribution in [-0.4, -0.2) is 53.6 Å². The van der Waals surface area contributed by atoms with Crippen LogP contribution in [0.3, 0.4) is 0 Å². The number of thiocarbonyl (C=S) groups is 1. The Kier molecular flexibility index (Phi) is 9.50. The number of hydrogen-bond donors (Lipinski definition) is 1. The van der Waals surface area contributed by atoms with Crippen LogP contribution in [0.1, 0.15) is 47.3 Å². The smallest absolute Gasteiger partial charge is 0.257 e. The van der Waals surface area contributed by atoms with Crippen LogP contribution in [0.4, 0.5) is 0 Å². The van der Waals surface area contributed by atoms with Gasteiger partial charge < -0.3 is 9.64 Å². The molecule has 4 rings (SSSR count). The maximum absolute atomic E-state index is 12.9. The van der Waals surface area contributed by atoms with Gasteiger partial charge in [-0.3, -0.25) is 15.0 Å². The van der Waals surface area contributed by atoms with Gasteiger partial charge in [-0.15, -0.1) is 0 Å². The summed E-state index contributed by atoms with van der Waals surface area (Å²) in [5, 5.41) is 3.38. The van der Waals surface area contributed by atoms with E-state index >= 15 is 0 Å². The molecule has 1 saturated heterocycles. The molecule has 0 spiro atoms. The molecule has 1 fully saturated rings. The van der Waals surface area contributed by atoms with Crippen molar-refractivity contribution in [3.8, 4) is 5.75 Å². The molecular formula is C29H32BrN3O2S. The Morgan fingerprint density at radius 2 is 1.58 bits per heavy atom. The number of ether oxygens (including phenoxy) is 1. The van der Waals surface area contributed by atoms with Gasteiger partial charge in [0.2, 0.25) is 0 Å². The number of hydrogen-bond acceptors (Lipinski definition) is 4. The summed E-state index contributed by atoms with van der Waals surface area (Å²) in [6.07, 6.45) is 2.07. The molecule has 7 heteroatoms. The van der Waals surface area contributed by atoms with Crippen LogP contribution in [0.15, 0.2) is 83.3 Å². The molecule has 0 unspecified atom stereocenters. The first-order valence-electron chi connectivity index (χ1n) is 12.4. The first kappa shape index (κ1) is 26.3. The number of nitrogens with zero attached hydrogens (tertiary/aromatic N) is 2. The molecule has 0 aliphatic carbocycles. The van der Waals surface area contributed by atoms with Gasteiger partial charge in [0.15, 0.2) is 5.11 Å². The van der Waals surface area contributed by atoms with Gasteiger partial charge >= 0.3 is 0 Å². The maximum Gasteiger partial charge on any atom is 0.257 e. The van der Waals surface area contributed by atoms with E-state index in [0.29, 0.717) is 17.3 Å². The summed E-state index contributed by atoms with van der Waals surface area (Å²) in [6, 6.07) is 26.8. The van der Waals surface area contributed by atoms with Crippen LogP contribution < -0.4 is 10.1 Å². The highest BCUT2D eigenvalue weighted by Gasteiger charge is 2.27. The average molecular weight is 567 g/mol. The fourth-order valence-corrected chi connectivity index (χ4v) is 5.17. The van der Waals surface area contributed by atoms with Gasteiger partial charge in [-0.2, -0.15) is 0 Å². The monoisotopic (exact) mass is 565 g/mol. The Balaban J connectivity index is 1.36. The summed E-state index contributed by atoms with van der Waals surface area (Å²) in [5.41, 5.74) is 3.10. The summed E-state index contributed by atoms with van der Waals surface area (Å²) >= 11 is 9.12. The highest BCUT2D eigenvalue weighted by atomic mass is 79.9. The van der Waals surface area contributed by atoms with E-state index in [0.717, 1.165) is 49.2 Å². The largest absolute Gasteiger partial charge is 0.492 e. The number of halogens is 1. The van der Waals surface area contributed by atoms with Crippen molar-refractivity contribution in [2.24, 2.45) is 0 Å². The molecule has 0 radical (unpaired) electrons. The van der Waals surface area contributed by atoms with Gasteiger partial charge in [-0.25, -0.2) is 0 Å². The summed E-state index contributed by atoms with van der Waals surface area (Å²) in [4.78, 5) is 17.4. The molecule has 36 heavy (non-hydrogen) atoms. The zero-order valence-electron chi connectivity index (χ0n) is 20.5. The minimum atomic E-state index is -0.213. The van der Waals surface area contributed by atoms with Crippen molar-refractivity contribution in [1.29, 1.82) is 0 Å². The van der Waals surface area contributed by atoms with E-state index < -0.39 is 0 Å². The van der Waals surface area contributed by atoms with Crippen molar-refractivity contribution in [3.05, 3.63) is 100 Å². The lowest BCUT2D eigenvalue weighted by atomic mass is 9.96. The molecule has 0 saturated carbocycles. The van der Waals surface area contributed by atoms with E-state index in [1.54, 1.807) is 12.1 Å². The van der Waals surface area contributed by atoms with Gasteiger partial charge in [-0.05, 0) is 63.9 Å². The molecule has 0 atom stereocenters. The molecule has 1 N–H and O–H groups in total. The highest BCUT2D eigenvalue weighted by molar-refractivity contribution is 9.10. The van der Waals surface area contributed by atoms with E-state index in [4.69, 9.17) is 17.0 Å². The number of amides is 1. The number of rotatable bonds is 8. The average Bonchev–Trinajstić information content (AvgIpc) is 2.91. The normalized spacial score (nSPS) is 14.0. The molecule has 3 aromatic rings. The summed E-state index contributed by atoms with van der Waals surface area (Å²) < 4.78 is 6.53. The number of nitrogens with one attached hydrogen (secondary N) is 1. The maximum atomic E-state index is 12.9. The predicted molar refractivity (Wildman–Crippen MR) is 152 cm³/mol. The molecule has 1 aliphatic heterocycles. The second kappa shape index (κ2) is 13.0. The highest BCUT2D eigenvalue weighted by Crippen LogP contribution is 2.30. The van der Waals surface area contributed by atoms with Crippen molar-refractivity contribution >= 4 is 39.2 Å². The first-order chi connectivity index (χ1) is 17.6. The lowest BCUT2D eigenvalue weighted by molar-refractivity contribution is 0.0967. The molecule has 1 aliphatic rings. The van der Waals surface area contributed by atoms with Crippen LogP contribution in [0.25, 0.3) is 0 Å². The van der Waals surface area contributed by atoms with Crippen molar-refractivity contribution in [2.75, 3.05) is 32.8 Å². The van der Waals surface area contributed by atoms with Crippen LogP contribution in [0, 0.1) is 0 Å². The van der Waals surface area contributed by atoms with E-state index in [1.165, 1.54) is 11.1 Å². The quantitative estimate of drug-likeness (QED) is 0.266. The molecule has 1 heterocycles. The Labute approximate surface area is 227 Å². The third kappa shape index (κ3) is 6.72. The predicted octanol–water partition coefficient (Wildman–Crippen LogP) is 6.05. The molecule has 0 bridgehead atoms. The van der Waals surface area contributed by atoms with E-state index in [-0.39, 0.29) is 11.9 Å². The van der Waals surface area contributed by atoms with E-state index in [9.17, 15) is 4.79 Å². The topological polar surface area (TPSA) is 44.8 Å². The van der Waals surface area contributed by atoms with Gasteiger partial charge in [0.25, 0.3) is 5.91 Å². The first-order valence-corrected chi connectivity index (χ1v) is 13.6. The van der Waals surface area contributed by atoms with Crippen molar-refractivity contribution in [1.82, 2.24) is 15.1 Å². The number of piperazine rings is 1. The van der Waals surface area contributed by atoms with Crippen molar-refractivity contribution in [2.45, 2.75) is 25.8 Å². The molecule has 188 valence electrons. The summed E-state index contributed by atoms with van der Waals surface area (Å²) in [6.45, 7) is 5.98. The number of unbranched alkanes of at least 4 members (excludes halogenated alkanes) is 1. The third-order valence-electron chi connectivity index (χ3n) is 6.37. The minimum Gasteiger partial charge on any atom is -0.492 e. The number of carbonyl (C=O) groups is 1. The molecule has 5 nitrogen and oxygen atoms in total. The Morgan fingerprint density at radius 3 is 2.14 bits per heavy atom. The zero-order chi connectivity index (χ0) is 25.3. The number of benzene rings is 3. The fraction of sp³-hybridized carbons (Fsp3) is 0.310. The van der Waals surface area contributed by atoms with Crippen LogP contribution in [-0.2, 0) is 0 Å². The van der Waals surface area contributed by atoms with Crippen LogP contribution >= 0.6 is 28.1 Å².